The van der Waals surface area contributed by atoms with E-state index in [1.165, 1.54) is 12.1 Å². The highest BCUT2D eigenvalue weighted by Gasteiger charge is 2.15. The smallest absolute Gasteiger partial charge is 0.314 e. The molecular weight excluding hydrogens is 336 g/mol. The lowest BCUT2D eigenvalue weighted by Gasteiger charge is -2.24. The fourth-order valence-electron chi connectivity index (χ4n) is 2.20. The molecule has 3 rings (SSSR count). The molecule has 1 heterocycles. The van der Waals surface area contributed by atoms with Crippen LogP contribution in [-0.4, -0.2) is 55.3 Å². The number of urea groups is 1. The Kier molecular flexibility index (Phi) is 5.60. The predicted molar refractivity (Wildman–Crippen MR) is 87.4 cm³/mol. The van der Waals surface area contributed by atoms with Gasteiger partial charge in [-0.2, -0.15) is 8.42 Å². The molecule has 4 N–H and O–H groups in total. The predicted octanol–water partition coefficient (Wildman–Crippen LogP) is 1.19. The van der Waals surface area contributed by atoms with Gasteiger partial charge in [-0.05, 0) is 22.9 Å². The van der Waals surface area contributed by atoms with Crippen molar-refractivity contribution in [3.63, 3.8) is 0 Å². The average Bonchev–Trinajstić information content (AvgIpc) is 2.54. The molecule has 9 heteroatoms. The summed E-state index contributed by atoms with van der Waals surface area (Å²) in [5.74, 6) is -0.448. The summed E-state index contributed by atoms with van der Waals surface area (Å²) in [6, 6.07) is 9.14. The Morgan fingerprint density at radius 2 is 1.67 bits per heavy atom. The highest BCUT2D eigenvalue weighted by molar-refractivity contribution is 7.86. The van der Waals surface area contributed by atoms with Crippen LogP contribution in [0.25, 0.3) is 10.8 Å². The highest BCUT2D eigenvalue weighted by Crippen LogP contribution is 2.28. The minimum Gasteiger partial charge on any atom is -0.506 e. The number of ether oxygens (including phenoxy) is 1. The number of carbonyl (C=O) groups excluding carboxylic acids is 1. The van der Waals surface area contributed by atoms with E-state index in [0.717, 1.165) is 0 Å². The number of carbonyl (C=O) groups is 1. The summed E-state index contributed by atoms with van der Waals surface area (Å²) in [5, 5.41) is 10.8. The van der Waals surface area contributed by atoms with Gasteiger partial charge in [0.1, 0.15) is 10.6 Å². The third-order valence-corrected chi connectivity index (χ3v) is 4.31. The molecule has 0 spiro atoms. The zero-order valence-corrected chi connectivity index (χ0v) is 13.6. The number of phenolic OH excluding ortho intramolecular Hbond substituents is 1. The molecule has 0 aliphatic carbocycles. The van der Waals surface area contributed by atoms with E-state index >= 15 is 0 Å². The second-order valence-electron chi connectivity index (χ2n) is 5.08. The average molecular weight is 354 g/mol. The van der Waals surface area contributed by atoms with Gasteiger partial charge in [-0.25, -0.2) is 4.79 Å². The largest absolute Gasteiger partial charge is 0.506 e. The van der Waals surface area contributed by atoms with Crippen LogP contribution in [0.5, 0.6) is 5.75 Å². The SMILES string of the molecule is NC(=O)N1CCOCC1.O=S(=O)(O)c1cc2ccccc2cc1O. The quantitative estimate of drug-likeness (QED) is 0.660. The number of phenols is 1. The maximum atomic E-state index is 10.9. The first-order valence-electron chi connectivity index (χ1n) is 7.10. The zero-order chi connectivity index (χ0) is 17.7. The Morgan fingerprint density at radius 3 is 2.12 bits per heavy atom. The third kappa shape index (κ3) is 4.57. The van der Waals surface area contributed by atoms with E-state index in [2.05, 4.69) is 0 Å². The van der Waals surface area contributed by atoms with E-state index in [-0.39, 0.29) is 6.03 Å². The van der Waals surface area contributed by atoms with Crippen molar-refractivity contribution in [1.82, 2.24) is 4.90 Å². The van der Waals surface area contributed by atoms with Gasteiger partial charge >= 0.3 is 6.03 Å². The number of rotatable bonds is 1. The molecule has 1 aliphatic heterocycles. The molecule has 1 aliphatic rings. The normalized spacial score (nSPS) is 14.8. The van der Waals surface area contributed by atoms with Crippen LogP contribution in [0.3, 0.4) is 0 Å². The molecule has 0 atom stereocenters. The molecule has 0 unspecified atom stereocenters. The maximum Gasteiger partial charge on any atom is 0.314 e. The van der Waals surface area contributed by atoms with Gasteiger partial charge in [-0.15, -0.1) is 0 Å². The lowest BCUT2D eigenvalue weighted by molar-refractivity contribution is 0.0554. The van der Waals surface area contributed by atoms with E-state index in [1.54, 1.807) is 29.2 Å². The number of primary amides is 1. The monoisotopic (exact) mass is 354 g/mol. The van der Waals surface area contributed by atoms with E-state index in [0.29, 0.717) is 37.1 Å². The molecule has 2 aromatic rings. The number of morpholine rings is 1. The second-order valence-corrected chi connectivity index (χ2v) is 6.47. The second kappa shape index (κ2) is 7.47. The molecule has 2 aromatic carbocycles. The van der Waals surface area contributed by atoms with Crippen LogP contribution in [0, 0.1) is 0 Å². The number of hydrogen-bond donors (Lipinski definition) is 3. The Morgan fingerprint density at radius 1 is 1.12 bits per heavy atom. The van der Waals surface area contributed by atoms with Gasteiger partial charge in [0.2, 0.25) is 0 Å². The van der Waals surface area contributed by atoms with Crippen LogP contribution < -0.4 is 5.73 Å². The minimum atomic E-state index is -4.37. The number of nitrogens with two attached hydrogens (primary N) is 1. The summed E-state index contributed by atoms with van der Waals surface area (Å²) in [6.45, 7) is 2.50. The maximum absolute atomic E-state index is 10.9. The molecule has 0 radical (unpaired) electrons. The summed E-state index contributed by atoms with van der Waals surface area (Å²) in [5.41, 5.74) is 5.00. The van der Waals surface area contributed by atoms with Gasteiger partial charge in [-0.1, -0.05) is 24.3 Å². The Hall–Kier alpha value is -2.36. The van der Waals surface area contributed by atoms with Crippen molar-refractivity contribution in [2.75, 3.05) is 26.3 Å². The first-order chi connectivity index (χ1) is 11.3. The third-order valence-electron chi connectivity index (χ3n) is 3.43. The van der Waals surface area contributed by atoms with E-state index in [1.807, 2.05) is 0 Å². The number of benzene rings is 2. The van der Waals surface area contributed by atoms with E-state index in [9.17, 15) is 18.3 Å². The number of nitrogens with zero attached hydrogens (tertiary/aromatic N) is 1. The molecule has 0 saturated carbocycles. The summed E-state index contributed by atoms with van der Waals surface area (Å²) in [7, 11) is -4.37. The first-order valence-corrected chi connectivity index (χ1v) is 8.54. The standard InChI is InChI=1S/C10H8O4S.C5H10N2O2/c11-9-5-7-3-1-2-4-8(7)6-10(9)15(12,13)14;6-5(8)7-1-3-9-4-2-7/h1-6,11H,(H,12,13,14);1-4H2,(H2,6,8). The number of fused-ring (bicyclic) bond motifs is 1. The molecule has 1 saturated heterocycles. The summed E-state index contributed by atoms with van der Waals surface area (Å²) >= 11 is 0. The first kappa shape index (κ1) is 18.0. The topological polar surface area (TPSA) is 130 Å². The van der Waals surface area contributed by atoms with Gasteiger partial charge < -0.3 is 20.5 Å². The van der Waals surface area contributed by atoms with E-state index in [4.69, 9.17) is 15.0 Å². The number of amides is 2. The molecule has 1 fully saturated rings. The Bertz CT molecular complexity index is 831. The van der Waals surface area contributed by atoms with Gasteiger partial charge in [-0.3, -0.25) is 4.55 Å². The van der Waals surface area contributed by atoms with Crippen molar-refractivity contribution in [2.24, 2.45) is 5.73 Å². The number of hydrogen-bond acceptors (Lipinski definition) is 5. The van der Waals surface area contributed by atoms with Crippen LogP contribution in [0.2, 0.25) is 0 Å². The van der Waals surface area contributed by atoms with Crippen LogP contribution in [0.4, 0.5) is 4.79 Å². The van der Waals surface area contributed by atoms with Gasteiger partial charge in [0.25, 0.3) is 10.1 Å². The summed E-state index contributed by atoms with van der Waals surface area (Å²) < 4.78 is 35.6. The Balaban J connectivity index is 0.000000198. The summed E-state index contributed by atoms with van der Waals surface area (Å²) in [6.07, 6.45) is 0. The molecular formula is C15H18N2O6S. The lowest BCUT2D eigenvalue weighted by atomic mass is 10.1. The zero-order valence-electron chi connectivity index (χ0n) is 12.8. The van der Waals surface area contributed by atoms with Crippen LogP contribution in [-0.2, 0) is 14.9 Å². The summed E-state index contributed by atoms with van der Waals surface area (Å²) in [4.78, 5) is 11.5. The van der Waals surface area contributed by atoms with Crippen molar-refractivity contribution < 1.29 is 27.6 Å². The Labute approximate surface area is 139 Å². The van der Waals surface area contributed by atoms with Crippen molar-refractivity contribution in [3.8, 4) is 5.75 Å². The minimum absolute atomic E-state index is 0.349. The van der Waals surface area contributed by atoms with E-state index < -0.39 is 20.8 Å². The van der Waals surface area contributed by atoms with Gasteiger partial charge in [0, 0.05) is 13.1 Å². The molecule has 0 aromatic heterocycles. The molecule has 8 nitrogen and oxygen atoms in total. The highest BCUT2D eigenvalue weighted by atomic mass is 32.2. The lowest BCUT2D eigenvalue weighted by Crippen LogP contribution is -2.43. The van der Waals surface area contributed by atoms with Crippen molar-refractivity contribution in [1.29, 1.82) is 0 Å². The molecule has 0 bridgehead atoms. The number of aromatic hydroxyl groups is 1. The fraction of sp³-hybridized carbons (Fsp3) is 0.267. The van der Waals surface area contributed by atoms with Crippen molar-refractivity contribution >= 4 is 26.9 Å². The van der Waals surface area contributed by atoms with Crippen LogP contribution in [0.15, 0.2) is 41.3 Å². The van der Waals surface area contributed by atoms with Crippen LogP contribution >= 0.6 is 0 Å². The van der Waals surface area contributed by atoms with Crippen LogP contribution in [0.1, 0.15) is 0 Å². The molecule has 130 valence electrons. The molecule has 24 heavy (non-hydrogen) atoms. The molecule has 2 amide bonds. The van der Waals surface area contributed by atoms with Crippen molar-refractivity contribution in [2.45, 2.75) is 4.90 Å². The van der Waals surface area contributed by atoms with Gasteiger partial charge in [0.05, 0.1) is 13.2 Å². The van der Waals surface area contributed by atoms with Gasteiger partial charge in [0.15, 0.2) is 0 Å². The fourth-order valence-corrected chi connectivity index (χ4v) is 2.80. The van der Waals surface area contributed by atoms with Crippen molar-refractivity contribution in [3.05, 3.63) is 36.4 Å².